The Morgan fingerprint density at radius 1 is 1.23 bits per heavy atom. The van der Waals surface area contributed by atoms with Gasteiger partial charge in [-0.2, -0.15) is 0 Å². The van der Waals surface area contributed by atoms with Crippen molar-refractivity contribution in [2.24, 2.45) is 23.2 Å². The van der Waals surface area contributed by atoms with E-state index in [0.29, 0.717) is 12.2 Å². The molecular formula is C17H20ClNO3. The molecule has 4 bridgehead atoms. The van der Waals surface area contributed by atoms with Crippen molar-refractivity contribution in [1.29, 1.82) is 0 Å². The summed E-state index contributed by atoms with van der Waals surface area (Å²) in [5, 5.41) is 0.0178. The summed E-state index contributed by atoms with van der Waals surface area (Å²) in [4.78, 5) is 25.9. The van der Waals surface area contributed by atoms with Crippen molar-refractivity contribution in [2.75, 3.05) is 6.61 Å². The third-order valence-corrected chi connectivity index (χ3v) is 6.05. The van der Waals surface area contributed by atoms with Crippen molar-refractivity contribution >= 4 is 17.6 Å². The zero-order chi connectivity index (χ0) is 15.3. The van der Waals surface area contributed by atoms with Gasteiger partial charge in [0.05, 0.1) is 12.2 Å². The van der Waals surface area contributed by atoms with Crippen LogP contribution in [-0.2, 0) is 4.74 Å². The molecule has 5 heteroatoms. The number of carbonyl (C=O) groups is 1. The molecule has 0 aliphatic heterocycles. The summed E-state index contributed by atoms with van der Waals surface area (Å²) >= 11 is 5.76. The van der Waals surface area contributed by atoms with Gasteiger partial charge in [0.25, 0.3) is 5.56 Å². The molecule has 4 saturated carbocycles. The topological polar surface area (TPSA) is 59.2 Å². The van der Waals surface area contributed by atoms with E-state index in [1.165, 1.54) is 50.8 Å². The Bertz CT molecular complexity index is 631. The predicted octanol–water partition coefficient (Wildman–Crippen LogP) is 3.40. The SMILES string of the molecule is O=C(OCC12CC3CC(CC(C3)C1)C2)c1c[nH]c(=O)c(Cl)c1. The molecule has 118 valence electrons. The highest BCUT2D eigenvalue weighted by Gasteiger charge is 2.51. The standard InChI is InChI=1S/C17H20ClNO3/c18-14-4-13(8-19-15(14)20)16(21)22-9-17-5-10-1-11(6-17)3-12(2-10)7-17/h4,8,10-12H,1-3,5-7,9H2,(H,19,20). The number of aromatic amines is 1. The summed E-state index contributed by atoms with van der Waals surface area (Å²) in [6.45, 7) is 0.506. The van der Waals surface area contributed by atoms with E-state index >= 15 is 0 Å². The number of pyridine rings is 1. The average Bonchev–Trinajstić information content (AvgIpc) is 2.46. The van der Waals surface area contributed by atoms with Crippen molar-refractivity contribution < 1.29 is 9.53 Å². The number of esters is 1. The lowest BCUT2D eigenvalue weighted by Crippen LogP contribution is -2.48. The number of carbonyl (C=O) groups excluding carboxylic acids is 1. The Balaban J connectivity index is 1.45. The summed E-state index contributed by atoms with van der Waals surface area (Å²) in [7, 11) is 0. The maximum absolute atomic E-state index is 12.2. The predicted molar refractivity (Wildman–Crippen MR) is 83.0 cm³/mol. The van der Waals surface area contributed by atoms with Crippen molar-refractivity contribution in [1.82, 2.24) is 4.98 Å². The molecule has 5 rings (SSSR count). The quantitative estimate of drug-likeness (QED) is 0.868. The Labute approximate surface area is 134 Å². The minimum Gasteiger partial charge on any atom is -0.461 e. The van der Waals surface area contributed by atoms with Crippen LogP contribution >= 0.6 is 11.6 Å². The first-order valence-electron chi connectivity index (χ1n) is 8.08. The molecular weight excluding hydrogens is 302 g/mol. The molecule has 0 amide bonds. The maximum atomic E-state index is 12.2. The minimum atomic E-state index is -0.395. The Morgan fingerprint density at radius 2 is 1.82 bits per heavy atom. The highest BCUT2D eigenvalue weighted by Crippen LogP contribution is 2.60. The third kappa shape index (κ3) is 2.47. The van der Waals surface area contributed by atoms with Gasteiger partial charge in [-0.15, -0.1) is 0 Å². The molecule has 22 heavy (non-hydrogen) atoms. The van der Waals surface area contributed by atoms with Gasteiger partial charge in [0.1, 0.15) is 5.02 Å². The molecule has 4 fully saturated rings. The van der Waals surface area contributed by atoms with Crippen LogP contribution in [0.25, 0.3) is 0 Å². The van der Waals surface area contributed by atoms with E-state index in [1.807, 2.05) is 0 Å². The number of hydrogen-bond acceptors (Lipinski definition) is 3. The van der Waals surface area contributed by atoms with Crippen LogP contribution < -0.4 is 5.56 Å². The molecule has 0 unspecified atom stereocenters. The van der Waals surface area contributed by atoms with Crippen molar-refractivity contribution in [2.45, 2.75) is 38.5 Å². The summed E-state index contributed by atoms with van der Waals surface area (Å²) < 4.78 is 5.59. The van der Waals surface area contributed by atoms with Gasteiger partial charge in [-0.05, 0) is 62.3 Å². The van der Waals surface area contributed by atoms with E-state index in [0.717, 1.165) is 17.8 Å². The number of halogens is 1. The monoisotopic (exact) mass is 321 g/mol. The molecule has 1 N–H and O–H groups in total. The summed E-state index contributed by atoms with van der Waals surface area (Å²) in [5.74, 6) is 2.13. The number of H-pyrrole nitrogens is 1. The van der Waals surface area contributed by atoms with Gasteiger partial charge in [0, 0.05) is 11.6 Å². The lowest BCUT2D eigenvalue weighted by Gasteiger charge is -2.56. The number of hydrogen-bond donors (Lipinski definition) is 1. The number of aromatic nitrogens is 1. The second kappa shape index (κ2) is 5.12. The number of ether oxygens (including phenoxy) is 1. The smallest absolute Gasteiger partial charge is 0.339 e. The van der Waals surface area contributed by atoms with Gasteiger partial charge in [-0.3, -0.25) is 4.79 Å². The van der Waals surface area contributed by atoms with E-state index in [9.17, 15) is 9.59 Å². The van der Waals surface area contributed by atoms with Gasteiger partial charge in [-0.25, -0.2) is 4.79 Å². The van der Waals surface area contributed by atoms with Gasteiger partial charge in [-0.1, -0.05) is 11.6 Å². The normalized spacial score (nSPS) is 35.6. The van der Waals surface area contributed by atoms with Gasteiger partial charge in [0.2, 0.25) is 0 Å². The average molecular weight is 322 g/mol. The second-order valence-electron chi connectivity index (χ2n) is 7.56. The zero-order valence-corrected chi connectivity index (χ0v) is 13.2. The van der Waals surface area contributed by atoms with Crippen LogP contribution in [0.5, 0.6) is 0 Å². The maximum Gasteiger partial charge on any atom is 0.339 e. The zero-order valence-electron chi connectivity index (χ0n) is 12.4. The first kappa shape index (κ1) is 14.3. The first-order chi connectivity index (χ1) is 10.5. The van der Waals surface area contributed by atoms with E-state index in [-0.39, 0.29) is 16.0 Å². The molecule has 0 atom stereocenters. The summed E-state index contributed by atoms with van der Waals surface area (Å²) in [6.07, 6.45) is 9.13. The highest BCUT2D eigenvalue weighted by atomic mass is 35.5. The van der Waals surface area contributed by atoms with E-state index in [1.54, 1.807) is 0 Å². The van der Waals surface area contributed by atoms with Crippen molar-refractivity contribution in [3.8, 4) is 0 Å². The first-order valence-corrected chi connectivity index (χ1v) is 8.46. The molecule has 0 aromatic carbocycles. The Kier molecular flexibility index (Phi) is 3.33. The molecule has 0 radical (unpaired) electrons. The largest absolute Gasteiger partial charge is 0.461 e. The fourth-order valence-corrected chi connectivity index (χ4v) is 5.51. The highest BCUT2D eigenvalue weighted by molar-refractivity contribution is 6.30. The van der Waals surface area contributed by atoms with E-state index in [2.05, 4.69) is 4.98 Å². The van der Waals surface area contributed by atoms with Crippen molar-refractivity contribution in [3.05, 3.63) is 33.2 Å². The van der Waals surface area contributed by atoms with Crippen molar-refractivity contribution in [3.63, 3.8) is 0 Å². The van der Waals surface area contributed by atoms with Crippen LogP contribution in [0.4, 0.5) is 0 Å². The van der Waals surface area contributed by atoms with Gasteiger partial charge in [0.15, 0.2) is 0 Å². The molecule has 4 aliphatic carbocycles. The lowest BCUT2D eigenvalue weighted by atomic mass is 9.50. The van der Waals surface area contributed by atoms with Crippen LogP contribution in [0.2, 0.25) is 5.02 Å². The summed E-state index contributed by atoms with van der Waals surface area (Å²) in [5.41, 5.74) is 0.129. The molecule has 1 aromatic heterocycles. The minimum absolute atomic E-state index is 0.0178. The molecule has 1 heterocycles. The van der Waals surface area contributed by atoms with Crippen LogP contribution in [0, 0.1) is 23.2 Å². The third-order valence-electron chi connectivity index (χ3n) is 5.77. The van der Waals surface area contributed by atoms with Crippen LogP contribution in [-0.4, -0.2) is 17.6 Å². The van der Waals surface area contributed by atoms with Gasteiger partial charge < -0.3 is 9.72 Å². The second-order valence-corrected chi connectivity index (χ2v) is 7.97. The molecule has 1 aromatic rings. The number of rotatable bonds is 3. The van der Waals surface area contributed by atoms with E-state index in [4.69, 9.17) is 16.3 Å². The number of nitrogens with one attached hydrogen (secondary N) is 1. The van der Waals surface area contributed by atoms with Gasteiger partial charge >= 0.3 is 5.97 Å². The lowest BCUT2D eigenvalue weighted by molar-refractivity contribution is -0.0848. The van der Waals surface area contributed by atoms with Crippen LogP contribution in [0.3, 0.4) is 0 Å². The fourth-order valence-electron chi connectivity index (χ4n) is 5.34. The Hall–Kier alpha value is -1.29. The summed E-state index contributed by atoms with van der Waals surface area (Å²) in [6, 6.07) is 1.38. The van der Waals surface area contributed by atoms with Crippen LogP contribution in [0.15, 0.2) is 17.1 Å². The molecule has 0 spiro atoms. The molecule has 4 nitrogen and oxygen atoms in total. The molecule has 0 saturated heterocycles. The molecule has 4 aliphatic rings. The Morgan fingerprint density at radius 3 is 2.36 bits per heavy atom. The van der Waals surface area contributed by atoms with Crippen LogP contribution in [0.1, 0.15) is 48.9 Å². The van der Waals surface area contributed by atoms with E-state index < -0.39 is 5.97 Å². The fraction of sp³-hybridized carbons (Fsp3) is 0.647.